The Bertz CT molecular complexity index is 227. The molecule has 0 aliphatic carbocycles. The molecule has 140 valence electrons. The number of rotatable bonds is 8. The van der Waals surface area contributed by atoms with Gasteiger partial charge in [0.05, 0.1) is 0 Å². The summed E-state index contributed by atoms with van der Waals surface area (Å²) in [6.07, 6.45) is 0. The Morgan fingerprint density at radius 2 is 0.400 bits per heavy atom. The quantitative estimate of drug-likeness (QED) is 0.213. The van der Waals surface area contributed by atoms with Crippen LogP contribution in [0.15, 0.2) is 0 Å². The van der Waals surface area contributed by atoms with Crippen molar-refractivity contribution in [3.05, 3.63) is 0 Å². The Morgan fingerprint density at radius 3 is 0.550 bits per heavy atom. The summed E-state index contributed by atoms with van der Waals surface area (Å²) in [5.41, 5.74) is 0. The molecule has 0 radical (unpaired) electrons. The molecule has 0 amide bonds. The van der Waals surface area contributed by atoms with Gasteiger partial charge in [-0.2, -0.15) is 0 Å². The Hall–Kier alpha value is 14.6. The molecule has 0 aromatic rings. The molecule has 20 heavy (non-hydrogen) atoms. The third-order valence-corrected chi connectivity index (χ3v) is 1320. The van der Waals surface area contributed by atoms with Crippen LogP contribution < -0.4 is 0 Å². The fraction of sp³-hybridized carbons (Fsp3) is 0. The van der Waals surface area contributed by atoms with Crippen LogP contribution in [0.1, 0.15) is 0 Å². The van der Waals surface area contributed by atoms with E-state index in [-0.39, 0.29) is 15.8 Å². The fourth-order valence-corrected chi connectivity index (χ4v) is 2930. The van der Waals surface area contributed by atoms with Gasteiger partial charge in [0, 0.05) is 0 Å². The fourth-order valence-electron chi connectivity index (χ4n) is 0.216. The SMILES string of the molecule is II(I)I(I)I(I)I(I)I(I)I(I)I(I)I(I)I(I)I. The van der Waals surface area contributed by atoms with Gasteiger partial charge in [0.2, 0.25) is 0 Å². The van der Waals surface area contributed by atoms with Crippen molar-refractivity contribution in [2.24, 2.45) is 0 Å². The zero-order valence-corrected chi connectivity index (χ0v) is 50.7. The van der Waals surface area contributed by atoms with Crippen molar-refractivity contribution >= 4 is 276 Å². The molecule has 0 saturated heterocycles. The average Bonchev–Trinajstić information content (AvgIpc) is 2.40. The predicted molar refractivity (Wildman–Crippen MR) is 280 cm³/mol. The van der Waals surface area contributed by atoms with Gasteiger partial charge in [0.15, 0.2) is 0 Å². The summed E-state index contributed by atoms with van der Waals surface area (Å²) in [6.45, 7) is 0. The minimum absolute atomic E-state index is 0.388. The normalized spacial score (nSPS) is 17.9. The summed E-state index contributed by atoms with van der Waals surface area (Å²) in [4.78, 5) is 0. The maximum absolute atomic E-state index is 3.16. The average molecular weight is 2540 g/mol. The molecule has 0 aliphatic rings. The molecule has 0 nitrogen and oxygen atoms in total. The van der Waals surface area contributed by atoms with Gasteiger partial charge in [0.1, 0.15) is 0 Å². The van der Waals surface area contributed by atoms with Gasteiger partial charge in [-0.1, -0.05) is 0 Å². The van der Waals surface area contributed by atoms with Crippen LogP contribution in [0, 0.1) is 0 Å². The van der Waals surface area contributed by atoms with E-state index in [9.17, 15) is 0 Å². The van der Waals surface area contributed by atoms with Gasteiger partial charge in [-0.25, -0.2) is 0 Å². The second kappa shape index (κ2) is 20.6. The number of hydrogen-bond donors (Lipinski definition) is 0. The first kappa shape index (κ1) is 34.6. The molecule has 0 N–H and O–H groups in total. The summed E-state index contributed by atoms with van der Waals surface area (Å²) in [6, 6.07) is 0. The van der Waals surface area contributed by atoms with Crippen LogP contribution >= 0.6 is 276 Å². The second-order valence-electron chi connectivity index (χ2n) is 1.46. The topological polar surface area (TPSA) is 0 Å². The van der Waals surface area contributed by atoms with Crippen molar-refractivity contribution in [2.45, 2.75) is 0 Å². The number of hydrogen-bond acceptors (Lipinski definition) is 0. The predicted octanol–water partition coefficient (Wildman–Crippen LogP) is 17.7. The van der Waals surface area contributed by atoms with E-state index in [1.165, 1.54) is 0 Å². The second-order valence-corrected chi connectivity index (χ2v) is 440. The van der Waals surface area contributed by atoms with Crippen LogP contribution in [0.3, 0.4) is 0 Å². The molecular weight excluding hydrogens is 2540 g/mol. The van der Waals surface area contributed by atoms with Gasteiger partial charge < -0.3 is 0 Å². The van der Waals surface area contributed by atoms with Crippen molar-refractivity contribution in [1.82, 2.24) is 0 Å². The van der Waals surface area contributed by atoms with E-state index in [4.69, 9.17) is 0 Å². The molecule has 0 rings (SSSR count). The molecule has 0 aromatic carbocycles. The molecule has 0 bridgehead atoms. The third kappa shape index (κ3) is 15.0. The van der Waals surface area contributed by atoms with E-state index >= 15 is 0 Å². The zero-order valence-electron chi connectivity index (χ0n) is 7.56. The third-order valence-electron chi connectivity index (χ3n) is 0.653. The molecule has 0 aliphatic heterocycles. The minimum atomic E-state index is -0.438. The molecular formula is I20. The maximum atomic E-state index is 3.16. The molecule has 0 spiro atoms. The summed E-state index contributed by atoms with van der Waals surface area (Å²) >= 11 is 33.3. The van der Waals surface area contributed by atoms with Gasteiger partial charge in [0.25, 0.3) is 0 Å². The molecule has 0 fully saturated rings. The van der Waals surface area contributed by atoms with Crippen LogP contribution in [-0.4, -0.2) is 0 Å². The standard InChI is InChI=1S/I20/c1-12(2)14(5)16(7)18(9)20(11)19(10)17(8)15(6)13(3)4. The molecule has 0 aromatic heterocycles. The van der Waals surface area contributed by atoms with Crippen molar-refractivity contribution in [3.63, 3.8) is 0 Å². The summed E-state index contributed by atoms with van der Waals surface area (Å²) in [5, 5.41) is 0. The van der Waals surface area contributed by atoms with Crippen molar-refractivity contribution in [2.75, 3.05) is 0 Å². The summed E-state index contributed by atoms with van der Waals surface area (Å²) in [7, 11) is -3.66. The van der Waals surface area contributed by atoms with Crippen LogP contribution in [-0.2, 0) is 0 Å². The summed E-state index contributed by atoms with van der Waals surface area (Å²) in [5.74, 6) is 0. The van der Waals surface area contributed by atoms with Crippen molar-refractivity contribution < 1.29 is 0 Å². The molecule has 0 atom stereocenters. The van der Waals surface area contributed by atoms with E-state index < -0.39 is 55.3 Å². The monoisotopic (exact) mass is 2540 g/mol. The Kier molecular flexibility index (Phi) is 35.7. The van der Waals surface area contributed by atoms with E-state index in [2.05, 4.69) is 205 Å². The van der Waals surface area contributed by atoms with Gasteiger partial charge >= 0.3 is 276 Å². The molecule has 0 unspecified atom stereocenters. The van der Waals surface area contributed by atoms with Crippen molar-refractivity contribution in [1.29, 1.82) is 0 Å². The van der Waals surface area contributed by atoms with Crippen LogP contribution in [0.25, 0.3) is 0 Å². The number of halogens is 20. The Balaban J connectivity index is 4.75. The first-order chi connectivity index (χ1) is 9.02. The van der Waals surface area contributed by atoms with E-state index in [0.29, 0.717) is 0 Å². The van der Waals surface area contributed by atoms with Crippen LogP contribution in [0.2, 0.25) is 0 Å². The van der Waals surface area contributed by atoms with Gasteiger partial charge in [-0.15, -0.1) is 0 Å². The van der Waals surface area contributed by atoms with Crippen LogP contribution in [0.4, 0.5) is 0 Å². The molecule has 0 saturated carbocycles. The van der Waals surface area contributed by atoms with Crippen molar-refractivity contribution in [3.8, 4) is 0 Å². The summed E-state index contributed by atoms with van der Waals surface area (Å²) < 4.78 is 0. The molecule has 0 heterocycles. The first-order valence-electron chi connectivity index (χ1n) is 2.71. The molecule has 20 heteroatoms. The Labute approximate surface area is 261 Å². The van der Waals surface area contributed by atoms with Crippen LogP contribution in [0.5, 0.6) is 0 Å². The first-order valence-corrected chi connectivity index (χ1v) is 122. The zero-order chi connectivity index (χ0) is 16.2. The van der Waals surface area contributed by atoms with Gasteiger partial charge in [-0.05, 0) is 0 Å². The van der Waals surface area contributed by atoms with E-state index in [1.807, 2.05) is 0 Å². The Morgan fingerprint density at radius 1 is 0.250 bits per heavy atom. The van der Waals surface area contributed by atoms with Gasteiger partial charge in [-0.3, -0.25) is 0 Å². The van der Waals surface area contributed by atoms with E-state index in [1.54, 1.807) is 0 Å². The van der Waals surface area contributed by atoms with E-state index in [0.717, 1.165) is 0 Å².